The molecule has 5 heteroatoms. The summed E-state index contributed by atoms with van der Waals surface area (Å²) in [6.45, 7) is 2.57. The molecule has 0 spiro atoms. The van der Waals surface area contributed by atoms with Crippen molar-refractivity contribution in [2.24, 2.45) is 11.7 Å². The van der Waals surface area contributed by atoms with Crippen molar-refractivity contribution < 1.29 is 4.79 Å². The van der Waals surface area contributed by atoms with E-state index < -0.39 is 0 Å². The van der Waals surface area contributed by atoms with Gasteiger partial charge in [-0.05, 0) is 25.7 Å². The van der Waals surface area contributed by atoms with Crippen molar-refractivity contribution >= 4 is 11.9 Å². The van der Waals surface area contributed by atoms with Crippen LogP contribution < -0.4 is 11.1 Å². The molecule has 2 amide bonds. The lowest BCUT2D eigenvalue weighted by molar-refractivity contribution is 0.202. The fourth-order valence-electron chi connectivity index (χ4n) is 2.30. The van der Waals surface area contributed by atoms with E-state index >= 15 is 0 Å². The molecule has 1 unspecified atom stereocenters. The van der Waals surface area contributed by atoms with Crippen LogP contribution in [0.15, 0.2) is 0 Å². The second-order valence-corrected chi connectivity index (χ2v) is 4.79. The van der Waals surface area contributed by atoms with Gasteiger partial charge in [-0.3, -0.25) is 5.41 Å². The zero-order valence-corrected chi connectivity index (χ0v) is 10.8. The quantitative estimate of drug-likeness (QED) is 0.514. The molecule has 5 nitrogen and oxygen atoms in total. The Labute approximate surface area is 103 Å². The van der Waals surface area contributed by atoms with Gasteiger partial charge < -0.3 is 16.0 Å². The second-order valence-electron chi connectivity index (χ2n) is 4.79. The predicted octanol–water partition coefficient (Wildman–Crippen LogP) is 1.53. The van der Waals surface area contributed by atoms with E-state index in [0.29, 0.717) is 12.5 Å². The molecule has 1 aliphatic rings. The Morgan fingerprint density at radius 1 is 1.47 bits per heavy atom. The maximum absolute atomic E-state index is 11.8. The van der Waals surface area contributed by atoms with Crippen LogP contribution in [0.2, 0.25) is 0 Å². The van der Waals surface area contributed by atoms with Crippen LogP contribution in [0.4, 0.5) is 4.79 Å². The monoisotopic (exact) mass is 240 g/mol. The molecule has 0 heterocycles. The number of rotatable bonds is 4. The summed E-state index contributed by atoms with van der Waals surface area (Å²) < 4.78 is 0. The van der Waals surface area contributed by atoms with E-state index in [0.717, 1.165) is 12.8 Å². The van der Waals surface area contributed by atoms with Crippen LogP contribution in [0.3, 0.4) is 0 Å². The lowest BCUT2D eigenvalue weighted by atomic mass is 9.83. The molecule has 0 aliphatic heterocycles. The number of nitrogens with one attached hydrogen (secondary N) is 2. The average molecular weight is 240 g/mol. The molecule has 1 fully saturated rings. The lowest BCUT2D eigenvalue weighted by Crippen LogP contribution is -2.52. The Hall–Kier alpha value is -1.26. The molecule has 0 radical (unpaired) electrons. The molecule has 1 rings (SSSR count). The van der Waals surface area contributed by atoms with Gasteiger partial charge in [0.15, 0.2) is 0 Å². The molecular weight excluding hydrogens is 216 g/mol. The van der Waals surface area contributed by atoms with Gasteiger partial charge in [0.25, 0.3) is 0 Å². The third kappa shape index (κ3) is 3.91. The number of amides is 2. The summed E-state index contributed by atoms with van der Waals surface area (Å²) in [6, 6.07) is -0.435. The smallest absolute Gasteiger partial charge is 0.317 e. The summed E-state index contributed by atoms with van der Waals surface area (Å²) in [6.07, 6.45) is 5.71. The summed E-state index contributed by atoms with van der Waals surface area (Å²) in [4.78, 5) is 13.4. The molecule has 0 aromatic carbocycles. The standard InChI is InChI=1S/C12H24N4O/c1-3-16(2)12(17)15-10(11(13)14)9-7-5-4-6-8-9/h9-10H,3-8H2,1-2H3,(H3,13,14)(H,15,17). The first-order chi connectivity index (χ1) is 8.06. The minimum absolute atomic E-state index is 0.0785. The predicted molar refractivity (Wildman–Crippen MR) is 69.1 cm³/mol. The van der Waals surface area contributed by atoms with E-state index in [1.807, 2.05) is 6.92 Å². The third-order valence-corrected chi connectivity index (χ3v) is 3.56. The highest BCUT2D eigenvalue weighted by Crippen LogP contribution is 2.26. The Morgan fingerprint density at radius 2 is 2.06 bits per heavy atom. The fourth-order valence-corrected chi connectivity index (χ4v) is 2.30. The number of nitrogens with zero attached hydrogens (tertiary/aromatic N) is 1. The van der Waals surface area contributed by atoms with E-state index in [1.165, 1.54) is 19.3 Å². The van der Waals surface area contributed by atoms with E-state index in [4.69, 9.17) is 11.1 Å². The van der Waals surface area contributed by atoms with Gasteiger partial charge >= 0.3 is 6.03 Å². The minimum Gasteiger partial charge on any atom is -0.386 e. The van der Waals surface area contributed by atoms with Crippen molar-refractivity contribution in [2.75, 3.05) is 13.6 Å². The molecule has 17 heavy (non-hydrogen) atoms. The average Bonchev–Trinajstić information content (AvgIpc) is 2.35. The Bertz CT molecular complexity index is 274. The van der Waals surface area contributed by atoms with Crippen LogP contribution >= 0.6 is 0 Å². The first kappa shape index (κ1) is 13.8. The number of amidine groups is 1. The minimum atomic E-state index is -0.295. The number of urea groups is 1. The molecule has 0 aromatic rings. The molecule has 1 saturated carbocycles. The van der Waals surface area contributed by atoms with Crippen LogP contribution in [-0.4, -0.2) is 36.4 Å². The largest absolute Gasteiger partial charge is 0.386 e. The first-order valence-corrected chi connectivity index (χ1v) is 6.41. The van der Waals surface area contributed by atoms with Gasteiger partial charge in [-0.2, -0.15) is 0 Å². The van der Waals surface area contributed by atoms with Crippen molar-refractivity contribution in [3.8, 4) is 0 Å². The van der Waals surface area contributed by atoms with Crippen molar-refractivity contribution in [1.82, 2.24) is 10.2 Å². The van der Waals surface area contributed by atoms with E-state index in [1.54, 1.807) is 11.9 Å². The summed E-state index contributed by atoms with van der Waals surface area (Å²) >= 11 is 0. The lowest BCUT2D eigenvalue weighted by Gasteiger charge is -2.31. The van der Waals surface area contributed by atoms with Gasteiger partial charge in [0.2, 0.25) is 0 Å². The molecule has 0 saturated heterocycles. The summed E-state index contributed by atoms with van der Waals surface area (Å²) in [5, 5.41) is 10.5. The molecular formula is C12H24N4O. The number of carbonyl (C=O) groups is 1. The number of hydrogen-bond donors (Lipinski definition) is 3. The van der Waals surface area contributed by atoms with Gasteiger partial charge in [-0.1, -0.05) is 19.3 Å². The van der Waals surface area contributed by atoms with Gasteiger partial charge in [-0.15, -0.1) is 0 Å². The Kier molecular flexibility index (Phi) is 5.25. The zero-order valence-electron chi connectivity index (χ0n) is 10.8. The molecule has 1 aliphatic carbocycles. The summed E-state index contributed by atoms with van der Waals surface area (Å²) in [7, 11) is 1.74. The van der Waals surface area contributed by atoms with E-state index in [9.17, 15) is 4.79 Å². The van der Waals surface area contributed by atoms with E-state index in [2.05, 4.69) is 5.32 Å². The molecule has 4 N–H and O–H groups in total. The van der Waals surface area contributed by atoms with Crippen molar-refractivity contribution in [3.63, 3.8) is 0 Å². The molecule has 0 bridgehead atoms. The van der Waals surface area contributed by atoms with Gasteiger partial charge in [0.1, 0.15) is 5.84 Å². The molecule has 98 valence electrons. The maximum atomic E-state index is 11.8. The Morgan fingerprint density at radius 3 is 2.53 bits per heavy atom. The van der Waals surface area contributed by atoms with Gasteiger partial charge in [0.05, 0.1) is 6.04 Å². The van der Waals surface area contributed by atoms with Crippen LogP contribution in [0.1, 0.15) is 39.0 Å². The molecule has 1 atom stereocenters. The number of hydrogen-bond acceptors (Lipinski definition) is 2. The Balaban J connectivity index is 2.59. The highest BCUT2D eigenvalue weighted by molar-refractivity contribution is 5.87. The third-order valence-electron chi connectivity index (χ3n) is 3.56. The normalized spacial score (nSPS) is 18.5. The zero-order chi connectivity index (χ0) is 12.8. The van der Waals surface area contributed by atoms with Crippen molar-refractivity contribution in [1.29, 1.82) is 5.41 Å². The first-order valence-electron chi connectivity index (χ1n) is 6.41. The number of carbonyl (C=O) groups excluding carboxylic acids is 1. The topological polar surface area (TPSA) is 82.2 Å². The number of nitrogens with two attached hydrogens (primary N) is 1. The maximum Gasteiger partial charge on any atom is 0.317 e. The molecule has 0 aromatic heterocycles. The van der Waals surface area contributed by atoms with Crippen LogP contribution in [-0.2, 0) is 0 Å². The highest BCUT2D eigenvalue weighted by Gasteiger charge is 2.27. The summed E-state index contributed by atoms with van der Waals surface area (Å²) in [5.41, 5.74) is 5.61. The SMILES string of the molecule is CCN(C)C(=O)NC(C(=N)N)C1CCCCC1. The van der Waals surface area contributed by atoms with Crippen LogP contribution in [0, 0.1) is 11.3 Å². The van der Waals surface area contributed by atoms with Crippen LogP contribution in [0.5, 0.6) is 0 Å². The van der Waals surface area contributed by atoms with Gasteiger partial charge in [0, 0.05) is 13.6 Å². The highest BCUT2D eigenvalue weighted by atomic mass is 16.2. The van der Waals surface area contributed by atoms with Gasteiger partial charge in [-0.25, -0.2) is 4.79 Å². The van der Waals surface area contributed by atoms with Crippen LogP contribution in [0.25, 0.3) is 0 Å². The summed E-state index contributed by atoms with van der Waals surface area (Å²) in [5.74, 6) is 0.408. The second kappa shape index (κ2) is 6.47. The van der Waals surface area contributed by atoms with Crippen molar-refractivity contribution in [2.45, 2.75) is 45.1 Å². The fraction of sp³-hybridized carbons (Fsp3) is 0.833. The van der Waals surface area contributed by atoms with E-state index in [-0.39, 0.29) is 17.9 Å². The van der Waals surface area contributed by atoms with Crippen molar-refractivity contribution in [3.05, 3.63) is 0 Å².